The second kappa shape index (κ2) is 9.04. The molecule has 1 amide bonds. The minimum Gasteiger partial charge on any atom is -0.493 e. The first-order valence-corrected chi connectivity index (χ1v) is 10.9. The minimum atomic E-state index is -3.54. The van der Waals surface area contributed by atoms with Crippen LogP contribution in [0.2, 0.25) is 0 Å². The molecule has 0 unspecified atom stereocenters. The Bertz CT molecular complexity index is 963. The maximum absolute atomic E-state index is 12.6. The average Bonchev–Trinajstić information content (AvgIpc) is 2.75. The van der Waals surface area contributed by atoms with Crippen molar-refractivity contribution in [2.24, 2.45) is 0 Å². The van der Waals surface area contributed by atoms with Gasteiger partial charge in [-0.2, -0.15) is 0 Å². The molecule has 0 radical (unpaired) electrons. The van der Waals surface area contributed by atoms with Crippen LogP contribution in [0.5, 0.6) is 17.2 Å². The Morgan fingerprint density at radius 3 is 2.59 bits per heavy atom. The summed E-state index contributed by atoms with van der Waals surface area (Å²) in [6.07, 6.45) is -0.947. The molecule has 1 atom stereocenters. The second-order valence-corrected chi connectivity index (χ2v) is 8.48. The van der Waals surface area contributed by atoms with Gasteiger partial charge in [0.25, 0.3) is 5.91 Å². The molecule has 8 nitrogen and oxygen atoms in total. The predicted molar refractivity (Wildman–Crippen MR) is 109 cm³/mol. The molecule has 0 saturated heterocycles. The van der Waals surface area contributed by atoms with Gasteiger partial charge in [0.15, 0.2) is 17.6 Å². The number of carbonyl (C=O) groups excluding carboxylic acids is 1. The number of hydrogen-bond acceptors (Lipinski definition) is 6. The van der Waals surface area contributed by atoms with Gasteiger partial charge in [-0.25, -0.2) is 8.42 Å². The monoisotopic (exact) mass is 420 g/mol. The number of anilines is 1. The van der Waals surface area contributed by atoms with Crippen molar-refractivity contribution in [3.63, 3.8) is 0 Å². The van der Waals surface area contributed by atoms with Crippen molar-refractivity contribution in [2.45, 2.75) is 13.0 Å². The Hall–Kier alpha value is -2.94. The Kier molecular flexibility index (Phi) is 6.48. The van der Waals surface area contributed by atoms with Crippen LogP contribution in [0.4, 0.5) is 5.69 Å². The van der Waals surface area contributed by atoms with E-state index in [0.717, 1.165) is 0 Å². The Morgan fingerprint density at radius 2 is 1.86 bits per heavy atom. The van der Waals surface area contributed by atoms with Crippen LogP contribution in [-0.4, -0.2) is 53.0 Å². The summed E-state index contributed by atoms with van der Waals surface area (Å²) in [5.74, 6) is 1.07. The topological polar surface area (TPSA) is 94.2 Å². The molecule has 0 fully saturated rings. The number of nitrogens with zero attached hydrogens (tertiary/aromatic N) is 1. The maximum atomic E-state index is 12.6. The van der Waals surface area contributed by atoms with Crippen molar-refractivity contribution in [3.05, 3.63) is 48.5 Å². The van der Waals surface area contributed by atoms with E-state index in [1.54, 1.807) is 50.4 Å². The quantitative estimate of drug-likeness (QED) is 0.655. The fourth-order valence-electron chi connectivity index (χ4n) is 2.95. The van der Waals surface area contributed by atoms with Crippen molar-refractivity contribution >= 4 is 21.6 Å². The van der Waals surface area contributed by atoms with Crippen LogP contribution in [0.3, 0.4) is 0 Å². The van der Waals surface area contributed by atoms with Gasteiger partial charge in [-0.05, 0) is 31.2 Å². The fourth-order valence-corrected chi connectivity index (χ4v) is 4.07. The lowest BCUT2D eigenvalue weighted by Crippen LogP contribution is -2.51. The SMILES string of the molecule is CCS(=O)(=O)N1C[C@@H](C(=O)NCCOc2ccccc2OC)Oc2ccccc21. The van der Waals surface area contributed by atoms with Gasteiger partial charge >= 0.3 is 0 Å². The lowest BCUT2D eigenvalue weighted by atomic mass is 10.2. The standard InChI is InChI=1S/C20H24N2O6S/c1-3-29(24,25)22-14-19(28-16-9-5-4-8-15(16)22)20(23)21-12-13-27-18-11-7-6-10-17(18)26-2/h4-11,19H,3,12-14H2,1-2H3,(H,21,23)/t19-/m0/s1. The van der Waals surface area contributed by atoms with Gasteiger partial charge in [0, 0.05) is 0 Å². The number of rotatable bonds is 8. The fraction of sp³-hybridized carbons (Fsp3) is 0.350. The number of methoxy groups -OCH3 is 1. The summed E-state index contributed by atoms with van der Waals surface area (Å²) in [5.41, 5.74) is 0.443. The van der Waals surface area contributed by atoms with Gasteiger partial charge in [-0.1, -0.05) is 24.3 Å². The van der Waals surface area contributed by atoms with E-state index < -0.39 is 22.0 Å². The Morgan fingerprint density at radius 1 is 1.17 bits per heavy atom. The molecule has 2 aromatic rings. The number of benzene rings is 2. The predicted octanol–water partition coefficient (Wildman–Crippen LogP) is 1.81. The molecule has 0 bridgehead atoms. The molecular formula is C20H24N2O6S. The third-order valence-corrected chi connectivity index (χ3v) is 6.20. The van der Waals surface area contributed by atoms with Gasteiger partial charge in [-0.15, -0.1) is 0 Å². The molecule has 9 heteroatoms. The van der Waals surface area contributed by atoms with Crippen molar-refractivity contribution in [1.29, 1.82) is 0 Å². The first kappa shape index (κ1) is 20.8. The molecule has 0 saturated carbocycles. The molecule has 0 aromatic heterocycles. The third-order valence-electron chi connectivity index (χ3n) is 4.46. The molecule has 29 heavy (non-hydrogen) atoms. The number of sulfonamides is 1. The second-order valence-electron chi connectivity index (χ2n) is 6.30. The van der Waals surface area contributed by atoms with Gasteiger partial charge in [0.05, 0.1) is 31.6 Å². The van der Waals surface area contributed by atoms with E-state index in [4.69, 9.17) is 14.2 Å². The lowest BCUT2D eigenvalue weighted by molar-refractivity contribution is -0.127. The van der Waals surface area contributed by atoms with Crippen molar-refractivity contribution in [3.8, 4) is 17.2 Å². The number of hydrogen-bond donors (Lipinski definition) is 1. The summed E-state index contributed by atoms with van der Waals surface area (Å²) in [7, 11) is -1.98. The molecule has 1 aliphatic heterocycles. The highest BCUT2D eigenvalue weighted by Crippen LogP contribution is 2.35. The number of ether oxygens (including phenoxy) is 3. The summed E-state index contributed by atoms with van der Waals surface area (Å²) in [4.78, 5) is 12.6. The van der Waals surface area contributed by atoms with E-state index in [1.807, 2.05) is 12.1 Å². The number of carbonyl (C=O) groups is 1. The molecule has 1 heterocycles. The minimum absolute atomic E-state index is 0.0670. The highest BCUT2D eigenvalue weighted by molar-refractivity contribution is 7.92. The van der Waals surface area contributed by atoms with Crippen molar-refractivity contribution in [1.82, 2.24) is 5.32 Å². The zero-order chi connectivity index (χ0) is 20.9. The average molecular weight is 420 g/mol. The summed E-state index contributed by atoms with van der Waals surface area (Å²) in [6.45, 7) is 1.95. The molecule has 1 N–H and O–H groups in total. The molecule has 1 aliphatic rings. The Labute approximate surface area is 170 Å². The van der Waals surface area contributed by atoms with Crippen LogP contribution < -0.4 is 23.8 Å². The van der Waals surface area contributed by atoms with E-state index in [0.29, 0.717) is 22.9 Å². The van der Waals surface area contributed by atoms with Crippen LogP contribution in [0.1, 0.15) is 6.92 Å². The van der Waals surface area contributed by atoms with E-state index in [9.17, 15) is 13.2 Å². The highest BCUT2D eigenvalue weighted by Gasteiger charge is 2.35. The molecule has 0 aliphatic carbocycles. The zero-order valence-electron chi connectivity index (χ0n) is 16.3. The van der Waals surface area contributed by atoms with Crippen LogP contribution >= 0.6 is 0 Å². The smallest absolute Gasteiger partial charge is 0.263 e. The molecule has 3 rings (SSSR count). The number of fused-ring (bicyclic) bond motifs is 1. The number of amides is 1. The molecule has 0 spiro atoms. The Balaban J connectivity index is 1.61. The normalized spacial score (nSPS) is 15.8. The van der Waals surface area contributed by atoms with Gasteiger partial charge in [0.1, 0.15) is 12.4 Å². The number of nitrogens with one attached hydrogen (secondary N) is 1. The van der Waals surface area contributed by atoms with Gasteiger partial charge in [0.2, 0.25) is 10.0 Å². The van der Waals surface area contributed by atoms with Gasteiger partial charge < -0.3 is 19.5 Å². The van der Waals surface area contributed by atoms with Gasteiger partial charge in [-0.3, -0.25) is 9.10 Å². The summed E-state index contributed by atoms with van der Waals surface area (Å²) in [6, 6.07) is 14.0. The largest absolute Gasteiger partial charge is 0.493 e. The van der Waals surface area contributed by atoms with Crippen LogP contribution in [0.15, 0.2) is 48.5 Å². The van der Waals surface area contributed by atoms with Crippen LogP contribution in [-0.2, 0) is 14.8 Å². The highest BCUT2D eigenvalue weighted by atomic mass is 32.2. The van der Waals surface area contributed by atoms with E-state index in [1.165, 1.54) is 4.31 Å². The van der Waals surface area contributed by atoms with Crippen molar-refractivity contribution in [2.75, 3.05) is 36.9 Å². The summed E-state index contributed by atoms with van der Waals surface area (Å²) in [5, 5.41) is 2.73. The summed E-state index contributed by atoms with van der Waals surface area (Å²) >= 11 is 0. The molecule has 156 valence electrons. The maximum Gasteiger partial charge on any atom is 0.263 e. The van der Waals surface area contributed by atoms with Crippen molar-refractivity contribution < 1.29 is 27.4 Å². The first-order valence-electron chi connectivity index (χ1n) is 9.26. The molecule has 2 aromatic carbocycles. The van der Waals surface area contributed by atoms with E-state index in [-0.39, 0.29) is 25.4 Å². The van der Waals surface area contributed by atoms with Crippen LogP contribution in [0.25, 0.3) is 0 Å². The summed E-state index contributed by atoms with van der Waals surface area (Å²) < 4.78 is 42.8. The van der Waals surface area contributed by atoms with E-state index >= 15 is 0 Å². The number of para-hydroxylation sites is 4. The third kappa shape index (κ3) is 4.73. The lowest BCUT2D eigenvalue weighted by Gasteiger charge is -2.34. The first-order chi connectivity index (χ1) is 14.0. The van der Waals surface area contributed by atoms with E-state index in [2.05, 4.69) is 5.32 Å². The molecular weight excluding hydrogens is 396 g/mol. The van der Waals surface area contributed by atoms with Crippen LogP contribution in [0, 0.1) is 0 Å². The zero-order valence-corrected chi connectivity index (χ0v) is 17.1.